The molecule has 0 spiro atoms. The maximum Gasteiger partial charge on any atom is 0.287 e. The second-order valence-corrected chi connectivity index (χ2v) is 9.59. The van der Waals surface area contributed by atoms with Gasteiger partial charge in [-0.3, -0.25) is 4.79 Å². The number of rotatable bonds is 6. The summed E-state index contributed by atoms with van der Waals surface area (Å²) in [7, 11) is -3.43. The number of amides is 1. The van der Waals surface area contributed by atoms with Gasteiger partial charge < -0.3 is 9.73 Å². The van der Waals surface area contributed by atoms with Crippen molar-refractivity contribution in [1.29, 1.82) is 0 Å². The molecule has 1 N–H and O–H groups in total. The maximum atomic E-state index is 12.4. The molecule has 1 aromatic heterocycles. The fourth-order valence-corrected chi connectivity index (χ4v) is 5.00. The number of sulfone groups is 1. The first-order valence-corrected chi connectivity index (χ1v) is 11.5. The minimum atomic E-state index is -3.43. The summed E-state index contributed by atoms with van der Waals surface area (Å²) in [5.74, 6) is -0.232. The van der Waals surface area contributed by atoms with Gasteiger partial charge in [-0.25, -0.2) is 8.42 Å². The van der Waals surface area contributed by atoms with Crippen LogP contribution in [-0.4, -0.2) is 20.4 Å². The Hall–Kier alpha value is -1.79. The molecule has 1 fully saturated rings. The van der Waals surface area contributed by atoms with Gasteiger partial charge in [0.25, 0.3) is 5.91 Å². The van der Waals surface area contributed by atoms with Crippen LogP contribution in [0, 0.1) is 0 Å². The van der Waals surface area contributed by atoms with Crippen LogP contribution in [0.2, 0.25) is 5.02 Å². The lowest BCUT2D eigenvalue weighted by molar-refractivity contribution is 0.0903. The normalized spacial score (nSPS) is 16.0. The van der Waals surface area contributed by atoms with Gasteiger partial charge in [0, 0.05) is 11.1 Å². The van der Waals surface area contributed by atoms with Crippen molar-refractivity contribution in [1.82, 2.24) is 5.32 Å². The summed E-state index contributed by atoms with van der Waals surface area (Å²) in [5.41, 5.74) is 0.625. The SMILES string of the molecule is O=C(NC1CCCCCC1)c1ccc(CS(=O)(=O)Cc2cccc(Cl)c2)o1. The molecule has 0 saturated heterocycles. The van der Waals surface area contributed by atoms with Gasteiger partial charge >= 0.3 is 0 Å². The zero-order valence-electron chi connectivity index (χ0n) is 15.1. The number of carbonyl (C=O) groups excluding carboxylic acids is 1. The minimum Gasteiger partial charge on any atom is -0.455 e. The number of hydrogen-bond donors (Lipinski definition) is 1. The molecule has 27 heavy (non-hydrogen) atoms. The van der Waals surface area contributed by atoms with Crippen molar-refractivity contribution < 1.29 is 17.6 Å². The van der Waals surface area contributed by atoms with E-state index in [0.29, 0.717) is 10.6 Å². The number of halogens is 1. The van der Waals surface area contributed by atoms with Crippen molar-refractivity contribution in [3.63, 3.8) is 0 Å². The number of benzene rings is 1. The molecular formula is C20H24ClNO4S. The Morgan fingerprint density at radius 1 is 1.07 bits per heavy atom. The van der Waals surface area contributed by atoms with E-state index in [2.05, 4.69) is 5.32 Å². The summed E-state index contributed by atoms with van der Waals surface area (Å²) >= 11 is 5.90. The Morgan fingerprint density at radius 3 is 2.52 bits per heavy atom. The average Bonchev–Trinajstić information content (AvgIpc) is 2.89. The lowest BCUT2D eigenvalue weighted by atomic mass is 10.1. The highest BCUT2D eigenvalue weighted by atomic mass is 35.5. The highest BCUT2D eigenvalue weighted by Gasteiger charge is 2.20. The molecule has 0 aliphatic heterocycles. The van der Waals surface area contributed by atoms with E-state index in [1.165, 1.54) is 18.9 Å². The Balaban J connectivity index is 1.60. The number of hydrogen-bond acceptors (Lipinski definition) is 4. The van der Waals surface area contributed by atoms with Crippen LogP contribution in [0.3, 0.4) is 0 Å². The van der Waals surface area contributed by atoms with Crippen molar-refractivity contribution in [2.24, 2.45) is 0 Å². The Bertz CT molecular complexity index is 883. The third kappa shape index (κ3) is 6.11. The van der Waals surface area contributed by atoms with Crippen LogP contribution < -0.4 is 5.32 Å². The van der Waals surface area contributed by atoms with Crippen LogP contribution >= 0.6 is 11.6 Å². The first kappa shape index (κ1) is 20.0. The van der Waals surface area contributed by atoms with E-state index in [-0.39, 0.29) is 35.0 Å². The molecule has 0 unspecified atom stereocenters. The van der Waals surface area contributed by atoms with Crippen LogP contribution in [0.4, 0.5) is 0 Å². The molecule has 0 bridgehead atoms. The van der Waals surface area contributed by atoms with Gasteiger partial charge in [0.2, 0.25) is 0 Å². The van der Waals surface area contributed by atoms with E-state index in [0.717, 1.165) is 25.7 Å². The second kappa shape index (κ2) is 8.93. The Morgan fingerprint density at radius 2 is 1.81 bits per heavy atom. The highest BCUT2D eigenvalue weighted by molar-refractivity contribution is 7.89. The predicted octanol–water partition coefficient (Wildman–Crippen LogP) is 4.50. The zero-order chi connectivity index (χ0) is 19.3. The summed E-state index contributed by atoms with van der Waals surface area (Å²) in [4.78, 5) is 12.4. The maximum absolute atomic E-state index is 12.4. The topological polar surface area (TPSA) is 76.4 Å². The average molecular weight is 410 g/mol. The largest absolute Gasteiger partial charge is 0.455 e. The Kier molecular flexibility index (Phi) is 6.60. The highest BCUT2D eigenvalue weighted by Crippen LogP contribution is 2.20. The van der Waals surface area contributed by atoms with Crippen LogP contribution in [0.25, 0.3) is 0 Å². The molecule has 1 aliphatic carbocycles. The van der Waals surface area contributed by atoms with Gasteiger partial charge in [-0.1, -0.05) is 49.4 Å². The summed E-state index contributed by atoms with van der Waals surface area (Å²) in [6.45, 7) is 0. The van der Waals surface area contributed by atoms with Gasteiger partial charge in [0.15, 0.2) is 15.6 Å². The zero-order valence-corrected chi connectivity index (χ0v) is 16.7. The standard InChI is InChI=1S/C20H24ClNO4S/c21-16-7-5-6-15(12-16)13-27(24,25)14-18-10-11-19(26-18)20(23)22-17-8-3-1-2-4-9-17/h5-7,10-12,17H,1-4,8-9,13-14H2,(H,22,23). The molecule has 3 rings (SSSR count). The molecule has 1 aromatic carbocycles. The quantitative estimate of drug-likeness (QED) is 0.712. The van der Waals surface area contributed by atoms with E-state index in [4.69, 9.17) is 16.0 Å². The van der Waals surface area contributed by atoms with Crippen molar-refractivity contribution in [3.05, 3.63) is 58.5 Å². The lowest BCUT2D eigenvalue weighted by Crippen LogP contribution is -2.34. The van der Waals surface area contributed by atoms with Gasteiger partial charge in [-0.15, -0.1) is 0 Å². The fourth-order valence-electron chi connectivity index (χ4n) is 3.41. The van der Waals surface area contributed by atoms with E-state index in [1.807, 2.05) is 0 Å². The van der Waals surface area contributed by atoms with Crippen molar-refractivity contribution in [2.45, 2.75) is 56.1 Å². The molecule has 1 amide bonds. The summed E-state index contributed by atoms with van der Waals surface area (Å²) in [6, 6.07) is 10.0. The number of nitrogens with one attached hydrogen (secondary N) is 1. The molecule has 1 aliphatic rings. The lowest BCUT2D eigenvalue weighted by Gasteiger charge is -2.14. The molecular weight excluding hydrogens is 386 g/mol. The molecule has 2 aromatic rings. The number of furan rings is 1. The van der Waals surface area contributed by atoms with Gasteiger partial charge in [-0.05, 0) is 42.7 Å². The molecule has 0 radical (unpaired) electrons. The van der Waals surface area contributed by atoms with Crippen LogP contribution in [0.1, 0.15) is 60.4 Å². The molecule has 1 saturated carbocycles. The summed E-state index contributed by atoms with van der Waals surface area (Å²) in [6.07, 6.45) is 6.62. The summed E-state index contributed by atoms with van der Waals surface area (Å²) < 4.78 is 30.3. The third-order valence-electron chi connectivity index (χ3n) is 4.71. The first-order chi connectivity index (χ1) is 12.9. The molecule has 7 heteroatoms. The van der Waals surface area contributed by atoms with Crippen LogP contribution in [0.15, 0.2) is 40.8 Å². The summed E-state index contributed by atoms with van der Waals surface area (Å²) in [5, 5.41) is 3.50. The van der Waals surface area contributed by atoms with E-state index in [9.17, 15) is 13.2 Å². The van der Waals surface area contributed by atoms with E-state index >= 15 is 0 Å². The fraction of sp³-hybridized carbons (Fsp3) is 0.450. The van der Waals surface area contributed by atoms with Crippen LogP contribution in [-0.2, 0) is 21.3 Å². The van der Waals surface area contributed by atoms with Gasteiger partial charge in [0.05, 0.1) is 5.75 Å². The van der Waals surface area contributed by atoms with Crippen molar-refractivity contribution in [2.75, 3.05) is 0 Å². The van der Waals surface area contributed by atoms with Gasteiger partial charge in [0.1, 0.15) is 11.5 Å². The number of carbonyl (C=O) groups is 1. The van der Waals surface area contributed by atoms with E-state index < -0.39 is 9.84 Å². The predicted molar refractivity (Wildman–Crippen MR) is 105 cm³/mol. The third-order valence-corrected chi connectivity index (χ3v) is 6.45. The molecule has 1 heterocycles. The first-order valence-electron chi connectivity index (χ1n) is 9.26. The second-order valence-electron chi connectivity index (χ2n) is 7.09. The molecule has 5 nitrogen and oxygen atoms in total. The Labute approximate surface area is 165 Å². The molecule has 146 valence electrons. The monoisotopic (exact) mass is 409 g/mol. The smallest absolute Gasteiger partial charge is 0.287 e. The van der Waals surface area contributed by atoms with E-state index in [1.54, 1.807) is 30.3 Å². The molecule has 0 atom stereocenters. The van der Waals surface area contributed by atoms with Crippen molar-refractivity contribution >= 4 is 27.3 Å². The van der Waals surface area contributed by atoms with Crippen molar-refractivity contribution in [3.8, 4) is 0 Å². The minimum absolute atomic E-state index is 0.127. The van der Waals surface area contributed by atoms with Gasteiger partial charge in [-0.2, -0.15) is 0 Å². The van der Waals surface area contributed by atoms with Crippen LogP contribution in [0.5, 0.6) is 0 Å².